The van der Waals surface area contributed by atoms with Crippen molar-refractivity contribution in [3.05, 3.63) is 35.4 Å². The Balaban J connectivity index is 2.70. The summed E-state index contributed by atoms with van der Waals surface area (Å²) in [6, 6.07) is 6.27. The SMILES string of the molecule is COc1c(S(N)(=O)=O)ccc(SSc2ccc(S(N)(=O)=O)c(OC)c2C(C)(C)C)c1C(C)(C)C. The first-order chi connectivity index (χ1) is 15.3. The fraction of sp³-hybridized carbons (Fsp3) is 0.455. The highest BCUT2D eigenvalue weighted by molar-refractivity contribution is 8.76. The summed E-state index contributed by atoms with van der Waals surface area (Å²) in [5.74, 6) is 0.414. The van der Waals surface area contributed by atoms with Crippen molar-refractivity contribution >= 4 is 41.6 Å². The lowest BCUT2D eigenvalue weighted by molar-refractivity contribution is 0.382. The Morgan fingerprint density at radius 2 is 0.941 bits per heavy atom. The number of nitrogens with two attached hydrogens (primary N) is 2. The number of methoxy groups -OCH3 is 2. The van der Waals surface area contributed by atoms with Gasteiger partial charge in [0.05, 0.1) is 14.2 Å². The molecule has 0 fully saturated rings. The molecule has 190 valence electrons. The van der Waals surface area contributed by atoms with Crippen molar-refractivity contribution < 1.29 is 26.3 Å². The maximum atomic E-state index is 12.1. The van der Waals surface area contributed by atoms with E-state index < -0.39 is 30.9 Å². The van der Waals surface area contributed by atoms with Gasteiger partial charge in [-0.05, 0) is 35.1 Å². The topological polar surface area (TPSA) is 139 Å². The molecular formula is C22H32N2O6S4. The molecular weight excluding hydrogens is 517 g/mol. The van der Waals surface area contributed by atoms with Crippen molar-refractivity contribution in [3.8, 4) is 11.5 Å². The maximum Gasteiger partial charge on any atom is 0.241 e. The second kappa shape index (κ2) is 9.90. The molecule has 0 heterocycles. The molecule has 0 aliphatic carbocycles. The van der Waals surface area contributed by atoms with E-state index in [9.17, 15) is 16.8 Å². The molecule has 0 saturated carbocycles. The number of hydrogen-bond acceptors (Lipinski definition) is 8. The van der Waals surface area contributed by atoms with Gasteiger partial charge in [0.2, 0.25) is 20.0 Å². The van der Waals surface area contributed by atoms with Crippen LogP contribution in [0.3, 0.4) is 0 Å². The van der Waals surface area contributed by atoms with Crippen LogP contribution in [0.25, 0.3) is 0 Å². The van der Waals surface area contributed by atoms with Crippen molar-refractivity contribution in [1.82, 2.24) is 0 Å². The highest BCUT2D eigenvalue weighted by Gasteiger charge is 2.31. The Hall–Kier alpha value is -1.44. The van der Waals surface area contributed by atoms with Gasteiger partial charge in [0.15, 0.2) is 0 Å². The second-order valence-electron chi connectivity index (χ2n) is 9.70. The van der Waals surface area contributed by atoms with Gasteiger partial charge in [0.25, 0.3) is 0 Å². The van der Waals surface area contributed by atoms with Crippen LogP contribution in [-0.4, -0.2) is 31.1 Å². The largest absolute Gasteiger partial charge is 0.495 e. The van der Waals surface area contributed by atoms with Crippen LogP contribution < -0.4 is 19.8 Å². The van der Waals surface area contributed by atoms with Crippen LogP contribution in [0.4, 0.5) is 0 Å². The Kier molecular flexibility index (Phi) is 8.39. The first-order valence-corrected chi connectivity index (χ1v) is 15.4. The fourth-order valence-electron chi connectivity index (χ4n) is 3.59. The van der Waals surface area contributed by atoms with Crippen LogP contribution in [-0.2, 0) is 30.9 Å². The molecule has 0 aliphatic rings. The third-order valence-electron chi connectivity index (χ3n) is 4.91. The van der Waals surface area contributed by atoms with E-state index in [1.165, 1.54) is 47.9 Å². The predicted molar refractivity (Wildman–Crippen MR) is 138 cm³/mol. The molecule has 2 aromatic carbocycles. The van der Waals surface area contributed by atoms with Gasteiger partial charge in [0.1, 0.15) is 21.3 Å². The molecule has 0 aromatic heterocycles. The molecule has 0 spiro atoms. The summed E-state index contributed by atoms with van der Waals surface area (Å²) in [4.78, 5) is 1.42. The molecule has 2 aromatic rings. The third kappa shape index (κ3) is 6.21. The van der Waals surface area contributed by atoms with Gasteiger partial charge >= 0.3 is 0 Å². The van der Waals surface area contributed by atoms with E-state index in [2.05, 4.69) is 0 Å². The Morgan fingerprint density at radius 1 is 0.647 bits per heavy atom. The molecule has 34 heavy (non-hydrogen) atoms. The van der Waals surface area contributed by atoms with Crippen LogP contribution in [0.15, 0.2) is 43.8 Å². The van der Waals surface area contributed by atoms with Crippen LogP contribution >= 0.6 is 21.6 Å². The highest BCUT2D eigenvalue weighted by Crippen LogP contribution is 2.51. The van der Waals surface area contributed by atoms with Gasteiger partial charge < -0.3 is 9.47 Å². The Morgan fingerprint density at radius 3 is 1.15 bits per heavy atom. The lowest BCUT2D eigenvalue weighted by atomic mass is 9.86. The molecule has 0 atom stereocenters. The van der Waals surface area contributed by atoms with E-state index in [0.29, 0.717) is 11.1 Å². The summed E-state index contributed by atoms with van der Waals surface area (Å²) in [6.07, 6.45) is 0. The second-order valence-corrected chi connectivity index (χ2v) is 15.0. The summed E-state index contributed by atoms with van der Waals surface area (Å²) in [6.45, 7) is 11.7. The minimum atomic E-state index is -3.99. The molecule has 0 aliphatic heterocycles. The number of sulfonamides is 2. The smallest absolute Gasteiger partial charge is 0.241 e. The van der Waals surface area contributed by atoms with Crippen molar-refractivity contribution in [3.63, 3.8) is 0 Å². The van der Waals surface area contributed by atoms with Crippen molar-refractivity contribution in [2.24, 2.45) is 10.3 Å². The summed E-state index contributed by atoms with van der Waals surface area (Å²) in [7, 11) is -2.35. The summed E-state index contributed by atoms with van der Waals surface area (Å²) >= 11 is 0. The molecule has 0 unspecified atom stereocenters. The molecule has 8 nitrogen and oxygen atoms in total. The highest BCUT2D eigenvalue weighted by atomic mass is 33.1. The minimum Gasteiger partial charge on any atom is -0.495 e. The van der Waals surface area contributed by atoms with Gasteiger partial charge in [-0.15, -0.1) is 0 Å². The molecule has 12 heteroatoms. The van der Waals surface area contributed by atoms with Crippen LogP contribution in [0, 0.1) is 0 Å². The number of primary sulfonamides is 2. The standard InChI is InChI=1S/C22H32N2O6S4/c1-21(2,3)17-13(9-11-15(19(17)29-7)33(23,25)26)31-32-14-10-12-16(34(24,27)28)20(30-8)18(14)22(4,5)6/h9-12H,1-8H3,(H2,23,25,26)(H2,24,27,28). The summed E-state index contributed by atoms with van der Waals surface area (Å²) in [5, 5.41) is 10.8. The number of hydrogen-bond donors (Lipinski definition) is 2. The monoisotopic (exact) mass is 548 g/mol. The van der Waals surface area contributed by atoms with Gasteiger partial charge in [0, 0.05) is 20.9 Å². The lowest BCUT2D eigenvalue weighted by Gasteiger charge is -2.28. The molecule has 4 N–H and O–H groups in total. The normalized spacial score (nSPS) is 13.1. The predicted octanol–water partition coefficient (Wildman–Crippen LogP) is 4.39. The van der Waals surface area contributed by atoms with Crippen LogP contribution in [0.5, 0.6) is 11.5 Å². The van der Waals surface area contributed by atoms with E-state index >= 15 is 0 Å². The van der Waals surface area contributed by atoms with Crippen molar-refractivity contribution in [1.29, 1.82) is 0 Å². The quantitative estimate of drug-likeness (QED) is 0.486. The van der Waals surface area contributed by atoms with Crippen molar-refractivity contribution in [2.45, 2.75) is 72.0 Å². The van der Waals surface area contributed by atoms with E-state index in [0.717, 1.165) is 9.79 Å². The average Bonchev–Trinajstić information content (AvgIpc) is 2.67. The van der Waals surface area contributed by atoms with E-state index in [4.69, 9.17) is 19.8 Å². The first-order valence-electron chi connectivity index (χ1n) is 10.2. The summed E-state index contributed by atoms with van der Waals surface area (Å²) in [5.41, 5.74) is 0.474. The van der Waals surface area contributed by atoms with E-state index in [-0.39, 0.29) is 21.3 Å². The van der Waals surface area contributed by atoms with Crippen LogP contribution in [0.1, 0.15) is 52.7 Å². The van der Waals surface area contributed by atoms with Gasteiger partial charge in [-0.3, -0.25) is 0 Å². The van der Waals surface area contributed by atoms with Crippen molar-refractivity contribution in [2.75, 3.05) is 14.2 Å². The molecule has 0 radical (unpaired) electrons. The zero-order valence-corrected chi connectivity index (χ0v) is 23.8. The van der Waals surface area contributed by atoms with Crippen LogP contribution in [0.2, 0.25) is 0 Å². The molecule has 0 amide bonds. The minimum absolute atomic E-state index is 0.0798. The van der Waals surface area contributed by atoms with E-state index in [1.807, 2.05) is 41.5 Å². The fourth-order valence-corrected chi connectivity index (χ4v) is 7.76. The molecule has 2 rings (SSSR count). The molecule has 0 bridgehead atoms. The average molecular weight is 549 g/mol. The van der Waals surface area contributed by atoms with Gasteiger partial charge in [-0.1, -0.05) is 63.1 Å². The maximum absolute atomic E-state index is 12.1. The summed E-state index contributed by atoms with van der Waals surface area (Å²) < 4.78 is 59.5. The Bertz CT molecular complexity index is 1190. The number of rotatable bonds is 7. The molecule has 0 saturated heterocycles. The third-order valence-corrected chi connectivity index (χ3v) is 9.23. The number of ether oxygens (including phenoxy) is 2. The zero-order chi connectivity index (χ0) is 26.3. The van der Waals surface area contributed by atoms with E-state index in [1.54, 1.807) is 12.1 Å². The first kappa shape index (κ1) is 28.8. The zero-order valence-electron chi connectivity index (χ0n) is 20.5. The Labute approximate surface area is 210 Å². The van der Waals surface area contributed by atoms with Gasteiger partial charge in [-0.25, -0.2) is 27.1 Å². The number of benzene rings is 2. The lowest BCUT2D eigenvalue weighted by Crippen LogP contribution is -2.20. The van der Waals surface area contributed by atoms with Gasteiger partial charge in [-0.2, -0.15) is 0 Å².